The summed E-state index contributed by atoms with van der Waals surface area (Å²) in [7, 11) is 3.12. The van der Waals surface area contributed by atoms with E-state index in [4.69, 9.17) is 15.4 Å². The highest BCUT2D eigenvalue weighted by Crippen LogP contribution is 2.23. The molecule has 0 bridgehead atoms. The Morgan fingerprint density at radius 2 is 2.00 bits per heavy atom. The summed E-state index contributed by atoms with van der Waals surface area (Å²) in [5.41, 5.74) is 1.84. The first kappa shape index (κ1) is 12.5. The van der Waals surface area contributed by atoms with Gasteiger partial charge >= 0.3 is 0 Å². The molecule has 1 unspecified atom stereocenters. The minimum atomic E-state index is -3.55. The second-order valence-corrected chi connectivity index (χ2v) is 6.11. The highest BCUT2D eigenvalue weighted by Gasteiger charge is 2.19. The van der Waals surface area contributed by atoms with Gasteiger partial charge < -0.3 is 4.74 Å². The summed E-state index contributed by atoms with van der Waals surface area (Å²) in [5.74, 6) is -0.212. The van der Waals surface area contributed by atoms with Crippen LogP contribution in [-0.2, 0) is 13.8 Å². The SMILES string of the molecule is COC(CS(=O)(=O)Cl)c1ccccc1C. The van der Waals surface area contributed by atoms with Gasteiger partial charge in [-0.05, 0) is 18.1 Å². The van der Waals surface area contributed by atoms with E-state index in [9.17, 15) is 8.42 Å². The van der Waals surface area contributed by atoms with Crippen LogP contribution in [0.1, 0.15) is 17.2 Å². The molecule has 0 N–H and O–H groups in total. The molecule has 5 heteroatoms. The molecule has 0 aromatic heterocycles. The molecule has 3 nitrogen and oxygen atoms in total. The van der Waals surface area contributed by atoms with E-state index in [0.717, 1.165) is 11.1 Å². The zero-order valence-corrected chi connectivity index (χ0v) is 10.2. The molecule has 1 aromatic carbocycles. The van der Waals surface area contributed by atoms with E-state index in [-0.39, 0.29) is 5.75 Å². The lowest BCUT2D eigenvalue weighted by Gasteiger charge is -2.15. The summed E-state index contributed by atoms with van der Waals surface area (Å²) in [6.07, 6.45) is -0.506. The maximum absolute atomic E-state index is 11.0. The molecule has 0 heterocycles. The van der Waals surface area contributed by atoms with Crippen LogP contribution in [0.2, 0.25) is 0 Å². The number of hydrogen-bond acceptors (Lipinski definition) is 3. The molecule has 0 amide bonds. The average molecular weight is 249 g/mol. The average Bonchev–Trinajstić information content (AvgIpc) is 2.14. The molecule has 0 saturated carbocycles. The van der Waals surface area contributed by atoms with Crippen molar-refractivity contribution in [1.82, 2.24) is 0 Å². The highest BCUT2D eigenvalue weighted by molar-refractivity contribution is 8.13. The largest absolute Gasteiger partial charge is 0.376 e. The molecular formula is C10H13ClO3S. The smallest absolute Gasteiger partial charge is 0.235 e. The minimum absolute atomic E-state index is 0.212. The first-order chi connectivity index (χ1) is 6.94. The van der Waals surface area contributed by atoms with E-state index in [1.54, 1.807) is 0 Å². The zero-order valence-electron chi connectivity index (χ0n) is 8.60. The number of halogens is 1. The maximum atomic E-state index is 11.0. The fraction of sp³-hybridized carbons (Fsp3) is 0.400. The van der Waals surface area contributed by atoms with Gasteiger partial charge in [-0.15, -0.1) is 0 Å². The lowest BCUT2D eigenvalue weighted by molar-refractivity contribution is 0.121. The molecule has 0 spiro atoms. The van der Waals surface area contributed by atoms with E-state index in [1.807, 2.05) is 31.2 Å². The fourth-order valence-electron chi connectivity index (χ4n) is 1.41. The van der Waals surface area contributed by atoms with Crippen molar-refractivity contribution in [2.75, 3.05) is 12.9 Å². The second kappa shape index (κ2) is 4.96. The standard InChI is InChI=1S/C10H13ClO3S/c1-8-5-3-4-6-9(8)10(14-2)7-15(11,12)13/h3-6,10H,7H2,1-2H3. The monoisotopic (exact) mass is 248 g/mol. The van der Waals surface area contributed by atoms with Crippen LogP contribution in [0.4, 0.5) is 0 Å². The second-order valence-electron chi connectivity index (χ2n) is 3.29. The van der Waals surface area contributed by atoms with Gasteiger partial charge in [0.15, 0.2) is 0 Å². The number of aryl methyl sites for hydroxylation is 1. The van der Waals surface area contributed by atoms with Crippen LogP contribution in [0.25, 0.3) is 0 Å². The van der Waals surface area contributed by atoms with Gasteiger partial charge in [-0.1, -0.05) is 24.3 Å². The van der Waals surface area contributed by atoms with Gasteiger partial charge in [0.1, 0.15) is 0 Å². The van der Waals surface area contributed by atoms with E-state index < -0.39 is 15.2 Å². The lowest BCUT2D eigenvalue weighted by Crippen LogP contribution is -2.13. The quantitative estimate of drug-likeness (QED) is 0.768. The van der Waals surface area contributed by atoms with Gasteiger partial charge in [-0.3, -0.25) is 0 Å². The van der Waals surface area contributed by atoms with Crippen LogP contribution < -0.4 is 0 Å². The van der Waals surface area contributed by atoms with E-state index in [2.05, 4.69) is 0 Å². The molecular weight excluding hydrogens is 236 g/mol. The summed E-state index contributed by atoms with van der Waals surface area (Å²) in [4.78, 5) is 0. The van der Waals surface area contributed by atoms with E-state index in [1.165, 1.54) is 7.11 Å². The van der Waals surface area contributed by atoms with Crippen molar-refractivity contribution < 1.29 is 13.2 Å². The Bertz CT molecular complexity index is 428. The number of rotatable bonds is 4. The van der Waals surface area contributed by atoms with Crippen LogP contribution in [0, 0.1) is 6.92 Å². The first-order valence-corrected chi connectivity index (χ1v) is 6.92. The first-order valence-electron chi connectivity index (χ1n) is 4.44. The topological polar surface area (TPSA) is 43.4 Å². The van der Waals surface area contributed by atoms with Crippen LogP contribution in [0.15, 0.2) is 24.3 Å². The molecule has 0 fully saturated rings. The van der Waals surface area contributed by atoms with Crippen LogP contribution in [0.3, 0.4) is 0 Å². The number of benzene rings is 1. The fourth-order valence-corrected chi connectivity index (χ4v) is 2.43. The van der Waals surface area contributed by atoms with Crippen LogP contribution >= 0.6 is 10.7 Å². The third-order valence-electron chi connectivity index (χ3n) is 2.17. The Kier molecular flexibility index (Phi) is 4.13. The van der Waals surface area contributed by atoms with Gasteiger partial charge in [0, 0.05) is 17.8 Å². The Morgan fingerprint density at radius 3 is 2.47 bits per heavy atom. The third kappa shape index (κ3) is 3.81. The highest BCUT2D eigenvalue weighted by atomic mass is 35.7. The van der Waals surface area contributed by atoms with Gasteiger partial charge in [0.05, 0.1) is 11.9 Å². The molecule has 0 aliphatic rings. The van der Waals surface area contributed by atoms with Gasteiger partial charge in [0.2, 0.25) is 9.05 Å². The van der Waals surface area contributed by atoms with Crippen molar-refractivity contribution in [2.24, 2.45) is 0 Å². The maximum Gasteiger partial charge on any atom is 0.235 e. The Balaban J connectivity index is 2.98. The molecule has 0 aliphatic carbocycles. The Morgan fingerprint density at radius 1 is 1.40 bits per heavy atom. The molecule has 1 aromatic rings. The third-order valence-corrected chi connectivity index (χ3v) is 3.25. The summed E-state index contributed by atoms with van der Waals surface area (Å²) in [6.45, 7) is 1.90. The molecule has 0 saturated heterocycles. The Hall–Kier alpha value is -0.580. The van der Waals surface area contributed by atoms with Crippen molar-refractivity contribution >= 4 is 19.7 Å². The lowest BCUT2D eigenvalue weighted by atomic mass is 10.0. The van der Waals surface area contributed by atoms with Crippen LogP contribution in [0.5, 0.6) is 0 Å². The van der Waals surface area contributed by atoms with Crippen molar-refractivity contribution in [3.63, 3.8) is 0 Å². The van der Waals surface area contributed by atoms with Crippen molar-refractivity contribution in [2.45, 2.75) is 13.0 Å². The molecule has 15 heavy (non-hydrogen) atoms. The minimum Gasteiger partial charge on any atom is -0.376 e. The predicted molar refractivity (Wildman–Crippen MR) is 60.6 cm³/mol. The predicted octanol–water partition coefficient (Wildman–Crippen LogP) is 2.25. The number of ether oxygens (including phenoxy) is 1. The van der Waals surface area contributed by atoms with Crippen molar-refractivity contribution in [3.05, 3.63) is 35.4 Å². The van der Waals surface area contributed by atoms with Gasteiger partial charge in [-0.2, -0.15) is 0 Å². The normalized spacial score (nSPS) is 13.8. The van der Waals surface area contributed by atoms with Gasteiger partial charge in [0.25, 0.3) is 0 Å². The van der Waals surface area contributed by atoms with E-state index in [0.29, 0.717) is 0 Å². The van der Waals surface area contributed by atoms with Crippen molar-refractivity contribution in [1.29, 1.82) is 0 Å². The summed E-state index contributed by atoms with van der Waals surface area (Å²) >= 11 is 0. The number of hydrogen-bond donors (Lipinski definition) is 0. The molecule has 1 rings (SSSR count). The number of methoxy groups -OCH3 is 1. The van der Waals surface area contributed by atoms with Crippen molar-refractivity contribution in [3.8, 4) is 0 Å². The molecule has 1 atom stereocenters. The molecule has 84 valence electrons. The summed E-state index contributed by atoms with van der Waals surface area (Å²) in [6, 6.07) is 7.48. The Labute approximate surface area is 94.4 Å². The summed E-state index contributed by atoms with van der Waals surface area (Å²) < 4.78 is 27.1. The summed E-state index contributed by atoms with van der Waals surface area (Å²) in [5, 5.41) is 0. The molecule has 0 radical (unpaired) electrons. The molecule has 0 aliphatic heterocycles. The van der Waals surface area contributed by atoms with Gasteiger partial charge in [-0.25, -0.2) is 8.42 Å². The van der Waals surface area contributed by atoms with E-state index >= 15 is 0 Å². The van der Waals surface area contributed by atoms with Crippen LogP contribution in [-0.4, -0.2) is 21.3 Å². The zero-order chi connectivity index (χ0) is 11.5.